The number of carbonyl (C=O) groups excluding carboxylic acids is 1. The molecule has 0 radical (unpaired) electrons. The van der Waals surface area contributed by atoms with Crippen molar-refractivity contribution in [3.8, 4) is 0 Å². The van der Waals surface area contributed by atoms with E-state index < -0.39 is 6.04 Å². The molecule has 0 bridgehead atoms. The van der Waals surface area contributed by atoms with Crippen LogP contribution in [0.25, 0.3) is 0 Å². The van der Waals surface area contributed by atoms with Crippen molar-refractivity contribution < 1.29 is 9.53 Å². The zero-order valence-electron chi connectivity index (χ0n) is 19.5. The lowest BCUT2D eigenvalue weighted by Crippen LogP contribution is -2.49. The molecule has 2 heterocycles. The van der Waals surface area contributed by atoms with E-state index in [1.54, 1.807) is 0 Å². The highest BCUT2D eigenvalue weighted by Crippen LogP contribution is 2.51. The van der Waals surface area contributed by atoms with E-state index >= 15 is 0 Å². The van der Waals surface area contributed by atoms with Crippen LogP contribution in [0.5, 0.6) is 0 Å². The first-order valence-corrected chi connectivity index (χ1v) is 12.2. The number of benzene rings is 4. The van der Waals surface area contributed by atoms with E-state index in [1.165, 1.54) is 16.7 Å². The molecule has 174 valence electrons. The average molecular weight is 461 g/mol. The molecule has 2 aliphatic heterocycles. The Morgan fingerprint density at radius 1 is 0.629 bits per heavy atom. The standard InChI is InChI=1S/C31H28N2O2/c34-31-29-28(25-17-9-3-10-18-25)32(21-23-13-5-1-6-14-23)30(26-19-11-4-12-20-26)33(29)27(22-35-31)24-15-7-2-8-16-24/h1-20,27-30H,21-22H2/t27-,28-,29+,30-/m1/s1. The van der Waals surface area contributed by atoms with Gasteiger partial charge in [-0.3, -0.25) is 14.6 Å². The fraction of sp³-hybridized carbons (Fsp3) is 0.194. The molecule has 0 N–H and O–H groups in total. The molecule has 0 saturated carbocycles. The van der Waals surface area contributed by atoms with Gasteiger partial charge < -0.3 is 4.74 Å². The first-order chi connectivity index (χ1) is 17.3. The maximum atomic E-state index is 13.5. The van der Waals surface area contributed by atoms with Gasteiger partial charge in [0.15, 0.2) is 0 Å². The minimum Gasteiger partial charge on any atom is -0.462 e. The molecule has 4 heteroatoms. The van der Waals surface area contributed by atoms with Gasteiger partial charge in [-0.15, -0.1) is 0 Å². The Balaban J connectivity index is 1.54. The molecule has 0 amide bonds. The molecule has 0 spiro atoms. The number of rotatable bonds is 5. The number of cyclic esters (lactones) is 1. The SMILES string of the molecule is O=C1OC[C@H](c2ccccc2)N2[C@H]1[C@@H](c1ccccc1)N(Cc1ccccc1)[C@H]2c1ccccc1. The maximum Gasteiger partial charge on any atom is 0.325 e. The molecule has 4 aromatic rings. The first kappa shape index (κ1) is 21.8. The predicted octanol–water partition coefficient (Wildman–Crippen LogP) is 5.91. The Bertz CT molecular complexity index is 1260. The number of esters is 1. The minimum absolute atomic E-state index is 0.0314. The Hall–Kier alpha value is -3.73. The van der Waals surface area contributed by atoms with Gasteiger partial charge in [0.25, 0.3) is 0 Å². The Labute approximate surface area is 206 Å². The molecule has 35 heavy (non-hydrogen) atoms. The van der Waals surface area contributed by atoms with E-state index in [0.717, 1.165) is 12.1 Å². The van der Waals surface area contributed by atoms with Gasteiger partial charge in [0.2, 0.25) is 0 Å². The molecular formula is C31H28N2O2. The topological polar surface area (TPSA) is 32.8 Å². The first-order valence-electron chi connectivity index (χ1n) is 12.2. The third kappa shape index (κ3) is 4.05. The van der Waals surface area contributed by atoms with Crippen LogP contribution in [0.4, 0.5) is 0 Å². The van der Waals surface area contributed by atoms with Crippen LogP contribution in [0.1, 0.15) is 40.5 Å². The number of morpholine rings is 1. The second-order valence-electron chi connectivity index (χ2n) is 9.25. The van der Waals surface area contributed by atoms with Gasteiger partial charge in [-0.05, 0) is 22.3 Å². The van der Waals surface area contributed by atoms with Gasteiger partial charge in [0, 0.05) is 6.54 Å². The van der Waals surface area contributed by atoms with Crippen LogP contribution in [0.3, 0.4) is 0 Å². The number of ether oxygens (including phenoxy) is 1. The molecular weight excluding hydrogens is 432 g/mol. The molecule has 0 aromatic heterocycles. The van der Waals surface area contributed by atoms with Crippen molar-refractivity contribution >= 4 is 5.97 Å². The zero-order valence-corrected chi connectivity index (χ0v) is 19.5. The van der Waals surface area contributed by atoms with Crippen LogP contribution in [-0.4, -0.2) is 28.4 Å². The van der Waals surface area contributed by atoms with Gasteiger partial charge >= 0.3 is 5.97 Å². The van der Waals surface area contributed by atoms with Crippen molar-refractivity contribution in [1.82, 2.24) is 9.80 Å². The highest BCUT2D eigenvalue weighted by atomic mass is 16.5. The van der Waals surface area contributed by atoms with Gasteiger partial charge in [-0.2, -0.15) is 0 Å². The summed E-state index contributed by atoms with van der Waals surface area (Å²) >= 11 is 0. The summed E-state index contributed by atoms with van der Waals surface area (Å²) < 4.78 is 5.89. The van der Waals surface area contributed by atoms with Crippen LogP contribution in [0.15, 0.2) is 121 Å². The molecule has 2 fully saturated rings. The molecule has 0 aliphatic carbocycles. The van der Waals surface area contributed by atoms with Crippen molar-refractivity contribution in [2.75, 3.05) is 6.61 Å². The predicted molar refractivity (Wildman–Crippen MR) is 136 cm³/mol. The lowest BCUT2D eigenvalue weighted by molar-refractivity contribution is -0.162. The summed E-state index contributed by atoms with van der Waals surface area (Å²) in [5.74, 6) is -0.150. The number of hydrogen-bond acceptors (Lipinski definition) is 4. The van der Waals surface area contributed by atoms with Crippen molar-refractivity contribution in [3.63, 3.8) is 0 Å². The summed E-state index contributed by atoms with van der Waals surface area (Å²) in [6.45, 7) is 1.07. The fourth-order valence-corrected chi connectivity index (χ4v) is 5.70. The summed E-state index contributed by atoms with van der Waals surface area (Å²) in [4.78, 5) is 18.4. The normalized spacial score (nSPS) is 24.6. The van der Waals surface area contributed by atoms with Crippen LogP contribution in [-0.2, 0) is 16.1 Å². The summed E-state index contributed by atoms with van der Waals surface area (Å²) in [5, 5.41) is 0. The van der Waals surface area contributed by atoms with Crippen LogP contribution < -0.4 is 0 Å². The van der Waals surface area contributed by atoms with E-state index in [0.29, 0.717) is 6.61 Å². The number of hydrogen-bond donors (Lipinski definition) is 0. The number of fused-ring (bicyclic) bond motifs is 1. The zero-order chi connectivity index (χ0) is 23.6. The largest absolute Gasteiger partial charge is 0.462 e. The van der Waals surface area contributed by atoms with E-state index in [9.17, 15) is 4.79 Å². The average Bonchev–Trinajstić information content (AvgIpc) is 3.26. The molecule has 4 aromatic carbocycles. The highest BCUT2D eigenvalue weighted by Gasteiger charge is 2.56. The van der Waals surface area contributed by atoms with Crippen molar-refractivity contribution in [1.29, 1.82) is 0 Å². The lowest BCUT2D eigenvalue weighted by Gasteiger charge is -2.40. The van der Waals surface area contributed by atoms with Crippen LogP contribution in [0, 0.1) is 0 Å². The summed E-state index contributed by atoms with van der Waals surface area (Å²) in [7, 11) is 0. The summed E-state index contributed by atoms with van der Waals surface area (Å²) in [6, 6.07) is 41.3. The smallest absolute Gasteiger partial charge is 0.325 e. The van der Waals surface area contributed by atoms with E-state index in [-0.39, 0.29) is 24.2 Å². The molecule has 6 rings (SSSR count). The maximum absolute atomic E-state index is 13.5. The second kappa shape index (κ2) is 9.49. The number of carbonyl (C=O) groups is 1. The Kier molecular flexibility index (Phi) is 5.91. The second-order valence-corrected chi connectivity index (χ2v) is 9.25. The van der Waals surface area contributed by atoms with Crippen molar-refractivity contribution in [2.45, 2.75) is 30.8 Å². The van der Waals surface area contributed by atoms with Gasteiger partial charge in [0.05, 0.1) is 18.2 Å². The Morgan fingerprint density at radius 2 is 1.14 bits per heavy atom. The third-order valence-corrected chi connectivity index (χ3v) is 7.19. The van der Waals surface area contributed by atoms with Gasteiger partial charge in [-0.1, -0.05) is 121 Å². The monoisotopic (exact) mass is 460 g/mol. The molecule has 4 nitrogen and oxygen atoms in total. The van der Waals surface area contributed by atoms with Gasteiger partial charge in [-0.25, -0.2) is 0 Å². The fourth-order valence-electron chi connectivity index (χ4n) is 5.70. The summed E-state index contributed by atoms with van der Waals surface area (Å²) in [6.07, 6.45) is -0.0790. The lowest BCUT2D eigenvalue weighted by atomic mass is 9.95. The Morgan fingerprint density at radius 3 is 1.74 bits per heavy atom. The van der Waals surface area contributed by atoms with Crippen molar-refractivity contribution in [2.24, 2.45) is 0 Å². The van der Waals surface area contributed by atoms with E-state index in [2.05, 4.69) is 107 Å². The van der Waals surface area contributed by atoms with E-state index in [1.807, 2.05) is 24.3 Å². The van der Waals surface area contributed by atoms with Crippen LogP contribution >= 0.6 is 0 Å². The molecule has 2 saturated heterocycles. The molecule has 4 atom stereocenters. The highest BCUT2D eigenvalue weighted by molar-refractivity contribution is 5.79. The quantitative estimate of drug-likeness (QED) is 0.347. The minimum atomic E-state index is -0.412. The van der Waals surface area contributed by atoms with Gasteiger partial charge in [0.1, 0.15) is 12.6 Å². The molecule has 2 aliphatic rings. The third-order valence-electron chi connectivity index (χ3n) is 7.19. The summed E-state index contributed by atoms with van der Waals surface area (Å²) in [5.41, 5.74) is 4.70. The molecule has 0 unspecified atom stereocenters. The number of nitrogens with zero attached hydrogens (tertiary/aromatic N) is 2. The van der Waals surface area contributed by atoms with Crippen molar-refractivity contribution in [3.05, 3.63) is 144 Å². The van der Waals surface area contributed by atoms with Crippen LogP contribution in [0.2, 0.25) is 0 Å². The van der Waals surface area contributed by atoms with E-state index in [4.69, 9.17) is 4.74 Å².